The summed E-state index contributed by atoms with van der Waals surface area (Å²) in [5, 5.41) is 0. The minimum Gasteiger partial charge on any atom is -0.378 e. The average Bonchev–Trinajstić information content (AvgIpc) is 2.51. The molecule has 5 nitrogen and oxygen atoms in total. The third-order valence-electron chi connectivity index (χ3n) is 2.37. The van der Waals surface area contributed by atoms with Crippen LogP contribution in [-0.2, 0) is 14.8 Å². The molecule has 1 heterocycles. The Kier molecular flexibility index (Phi) is 6.81. The van der Waals surface area contributed by atoms with Crippen molar-refractivity contribution >= 4 is 22.4 Å². The Labute approximate surface area is 104 Å². The summed E-state index contributed by atoms with van der Waals surface area (Å²) in [5.74, 6) is 0.0535. The van der Waals surface area contributed by atoms with Gasteiger partial charge in [-0.05, 0) is 20.3 Å². The van der Waals surface area contributed by atoms with Crippen molar-refractivity contribution < 1.29 is 13.2 Å². The molecule has 1 atom stereocenters. The quantitative estimate of drug-likeness (QED) is 0.776. The molecule has 0 bridgehead atoms. The Bertz CT molecular complexity index is 295. The molecule has 0 radical (unpaired) electrons. The molecule has 16 heavy (non-hydrogen) atoms. The largest absolute Gasteiger partial charge is 0.378 e. The molecule has 1 aliphatic rings. The van der Waals surface area contributed by atoms with E-state index in [0.717, 1.165) is 6.42 Å². The zero-order valence-electron chi connectivity index (χ0n) is 9.76. The van der Waals surface area contributed by atoms with Crippen molar-refractivity contribution in [1.29, 1.82) is 0 Å². The maximum Gasteiger partial charge on any atom is 0.216 e. The summed E-state index contributed by atoms with van der Waals surface area (Å²) in [4.78, 5) is 0. The lowest BCUT2D eigenvalue weighted by Crippen LogP contribution is -2.35. The van der Waals surface area contributed by atoms with Crippen LogP contribution in [0.5, 0.6) is 0 Å². The summed E-state index contributed by atoms with van der Waals surface area (Å²) < 4.78 is 30.2. The second-order valence-electron chi connectivity index (χ2n) is 4.14. The summed E-state index contributed by atoms with van der Waals surface area (Å²) in [7, 11) is -3.16. The number of hydrogen-bond acceptors (Lipinski definition) is 4. The third kappa shape index (κ3) is 4.97. The van der Waals surface area contributed by atoms with Gasteiger partial charge in [-0.1, -0.05) is 0 Å². The van der Waals surface area contributed by atoms with E-state index in [-0.39, 0.29) is 36.9 Å². The zero-order valence-corrected chi connectivity index (χ0v) is 11.4. The van der Waals surface area contributed by atoms with Gasteiger partial charge < -0.3 is 10.5 Å². The first kappa shape index (κ1) is 16.1. The fourth-order valence-electron chi connectivity index (χ4n) is 1.52. The summed E-state index contributed by atoms with van der Waals surface area (Å²) in [6.45, 7) is 5.03. The summed E-state index contributed by atoms with van der Waals surface area (Å²) in [5.41, 5.74) is 5.66. The summed E-state index contributed by atoms with van der Waals surface area (Å²) in [6, 6.07) is -0.00853. The summed E-state index contributed by atoms with van der Waals surface area (Å²) >= 11 is 0. The van der Waals surface area contributed by atoms with Gasteiger partial charge in [0, 0.05) is 19.1 Å². The predicted octanol–water partition coefficient (Wildman–Crippen LogP) is 0.196. The Morgan fingerprint density at radius 2 is 2.12 bits per heavy atom. The van der Waals surface area contributed by atoms with Gasteiger partial charge in [0.1, 0.15) is 0 Å². The fraction of sp³-hybridized carbons (Fsp3) is 1.00. The minimum absolute atomic E-state index is 0. The van der Waals surface area contributed by atoms with Gasteiger partial charge in [0.15, 0.2) is 0 Å². The molecule has 0 aromatic carbocycles. The Morgan fingerprint density at radius 3 is 2.56 bits per heavy atom. The summed E-state index contributed by atoms with van der Waals surface area (Å²) in [6.07, 6.45) is 0.825. The molecule has 0 unspecified atom stereocenters. The van der Waals surface area contributed by atoms with Crippen molar-refractivity contribution in [2.24, 2.45) is 5.73 Å². The molecular weight excluding hydrogens is 252 g/mol. The number of hydrogen-bond donors (Lipinski definition) is 1. The van der Waals surface area contributed by atoms with Gasteiger partial charge in [0.25, 0.3) is 0 Å². The monoisotopic (exact) mass is 272 g/mol. The highest BCUT2D eigenvalue weighted by Gasteiger charge is 2.29. The number of ether oxygens (including phenoxy) is 1. The molecule has 0 aromatic rings. The van der Waals surface area contributed by atoms with E-state index in [1.165, 1.54) is 4.31 Å². The SMILES string of the molecule is CC(C)OCCS(=O)(=O)N1CC[C@@H](N)C1.Cl. The highest BCUT2D eigenvalue weighted by Crippen LogP contribution is 2.12. The maximum absolute atomic E-state index is 11.8. The van der Waals surface area contributed by atoms with Crippen molar-refractivity contribution in [2.45, 2.75) is 32.4 Å². The van der Waals surface area contributed by atoms with Gasteiger partial charge in [-0.3, -0.25) is 0 Å². The lowest BCUT2D eigenvalue weighted by atomic mass is 10.3. The van der Waals surface area contributed by atoms with Crippen molar-refractivity contribution in [1.82, 2.24) is 4.31 Å². The van der Waals surface area contributed by atoms with Gasteiger partial charge in [-0.2, -0.15) is 0 Å². The molecule has 0 aliphatic carbocycles. The highest BCUT2D eigenvalue weighted by atomic mass is 35.5. The molecule has 98 valence electrons. The second kappa shape index (κ2) is 6.76. The van der Waals surface area contributed by atoms with Crippen molar-refractivity contribution in [2.75, 3.05) is 25.4 Å². The molecule has 2 N–H and O–H groups in total. The van der Waals surface area contributed by atoms with E-state index >= 15 is 0 Å². The maximum atomic E-state index is 11.8. The number of nitrogens with zero attached hydrogens (tertiary/aromatic N) is 1. The van der Waals surface area contributed by atoms with E-state index in [9.17, 15) is 8.42 Å². The second-order valence-corrected chi connectivity index (χ2v) is 6.23. The molecule has 0 aromatic heterocycles. The van der Waals surface area contributed by atoms with Crippen molar-refractivity contribution in [3.8, 4) is 0 Å². The smallest absolute Gasteiger partial charge is 0.216 e. The first-order valence-corrected chi connectivity index (χ1v) is 6.88. The van der Waals surface area contributed by atoms with Gasteiger partial charge in [-0.15, -0.1) is 12.4 Å². The van der Waals surface area contributed by atoms with E-state index < -0.39 is 10.0 Å². The van der Waals surface area contributed by atoms with Gasteiger partial charge in [-0.25, -0.2) is 12.7 Å². The highest BCUT2D eigenvalue weighted by molar-refractivity contribution is 7.89. The average molecular weight is 273 g/mol. The Hall–Kier alpha value is 0.120. The molecule has 7 heteroatoms. The molecule has 1 aliphatic heterocycles. The van der Waals surface area contributed by atoms with Gasteiger partial charge in [0.05, 0.1) is 18.5 Å². The minimum atomic E-state index is -3.16. The number of nitrogens with two attached hydrogens (primary N) is 1. The van der Waals surface area contributed by atoms with Crippen LogP contribution in [0.2, 0.25) is 0 Å². The van der Waals surface area contributed by atoms with Crippen LogP contribution in [0.4, 0.5) is 0 Å². The van der Waals surface area contributed by atoms with Crippen LogP contribution < -0.4 is 5.73 Å². The van der Waals surface area contributed by atoms with E-state index in [4.69, 9.17) is 10.5 Å². The standard InChI is InChI=1S/C9H20N2O3S.ClH/c1-8(2)14-5-6-15(12,13)11-4-3-9(10)7-11;/h8-9H,3-7,10H2,1-2H3;1H/t9-;/m1./s1. The number of rotatable bonds is 5. The van der Waals surface area contributed by atoms with Crippen LogP contribution in [0.15, 0.2) is 0 Å². The Morgan fingerprint density at radius 1 is 1.50 bits per heavy atom. The molecule has 1 fully saturated rings. The molecule has 0 amide bonds. The number of halogens is 1. The first-order chi connectivity index (χ1) is 6.92. The predicted molar refractivity (Wildman–Crippen MR) is 66.3 cm³/mol. The van der Waals surface area contributed by atoms with Crippen LogP contribution in [0, 0.1) is 0 Å². The lowest BCUT2D eigenvalue weighted by Gasteiger charge is -2.16. The zero-order chi connectivity index (χ0) is 11.5. The van der Waals surface area contributed by atoms with Crippen molar-refractivity contribution in [3.63, 3.8) is 0 Å². The fourth-order valence-corrected chi connectivity index (χ4v) is 2.89. The third-order valence-corrected chi connectivity index (χ3v) is 4.17. The topological polar surface area (TPSA) is 72.6 Å². The van der Waals surface area contributed by atoms with E-state index in [2.05, 4.69) is 0 Å². The number of sulfonamides is 1. The van der Waals surface area contributed by atoms with Gasteiger partial charge in [0.2, 0.25) is 10.0 Å². The van der Waals surface area contributed by atoms with Crippen LogP contribution in [0.25, 0.3) is 0 Å². The first-order valence-electron chi connectivity index (χ1n) is 5.27. The molecule has 0 saturated carbocycles. The van der Waals surface area contributed by atoms with Gasteiger partial charge >= 0.3 is 0 Å². The van der Waals surface area contributed by atoms with E-state index in [1.54, 1.807) is 0 Å². The molecule has 1 rings (SSSR count). The Balaban J connectivity index is 0.00000225. The van der Waals surface area contributed by atoms with E-state index in [1.807, 2.05) is 13.8 Å². The normalized spacial score (nSPS) is 22.4. The van der Waals surface area contributed by atoms with Crippen LogP contribution >= 0.6 is 12.4 Å². The van der Waals surface area contributed by atoms with Crippen LogP contribution in [0.3, 0.4) is 0 Å². The molecule has 0 spiro atoms. The van der Waals surface area contributed by atoms with Crippen LogP contribution in [0.1, 0.15) is 20.3 Å². The molecular formula is C9H21ClN2O3S. The lowest BCUT2D eigenvalue weighted by molar-refractivity contribution is 0.0907. The van der Waals surface area contributed by atoms with E-state index in [0.29, 0.717) is 13.1 Å². The molecule has 1 saturated heterocycles. The van der Waals surface area contributed by atoms with Crippen molar-refractivity contribution in [3.05, 3.63) is 0 Å². The van der Waals surface area contributed by atoms with Crippen LogP contribution in [-0.4, -0.2) is 50.3 Å².